The highest BCUT2D eigenvalue weighted by Gasteiger charge is 2.51. The number of benzene rings is 1. The molecule has 0 saturated heterocycles. The van der Waals surface area contributed by atoms with Crippen LogP contribution in [0.3, 0.4) is 0 Å². The summed E-state index contributed by atoms with van der Waals surface area (Å²) in [4.78, 5) is 13.1. The number of hydrogen-bond donors (Lipinski definition) is 3. The highest BCUT2D eigenvalue weighted by atomic mass is 32.2. The molecule has 0 radical (unpaired) electrons. The number of aryl methyl sites for hydroxylation is 1. The molecule has 1 aromatic rings. The lowest BCUT2D eigenvalue weighted by Crippen LogP contribution is -2.38. The third-order valence-corrected chi connectivity index (χ3v) is 12.4. The molecule has 12 heteroatoms. The van der Waals surface area contributed by atoms with Crippen molar-refractivity contribution in [3.63, 3.8) is 0 Å². The van der Waals surface area contributed by atoms with Crippen molar-refractivity contribution in [3.8, 4) is 0 Å². The number of carbonyl (C=O) groups is 1. The van der Waals surface area contributed by atoms with E-state index >= 15 is 0 Å². The van der Waals surface area contributed by atoms with Crippen LogP contribution in [0.4, 0.5) is 5.69 Å². The summed E-state index contributed by atoms with van der Waals surface area (Å²) in [6.07, 6.45) is 20.2. The number of aliphatic carboxylic acids is 1. The molecule has 2 unspecified atom stereocenters. The number of carboxylic acids is 1. The summed E-state index contributed by atoms with van der Waals surface area (Å²) in [6.45, 7) is 7.40. The van der Waals surface area contributed by atoms with Crippen LogP contribution >= 0.6 is 0 Å². The van der Waals surface area contributed by atoms with Crippen molar-refractivity contribution in [2.24, 2.45) is 11.3 Å². The second-order valence-electron chi connectivity index (χ2n) is 14.0. The van der Waals surface area contributed by atoms with Crippen LogP contribution in [0.2, 0.25) is 0 Å². The minimum Gasteiger partial charge on any atom is -0.481 e. The molecule has 48 heavy (non-hydrogen) atoms. The fourth-order valence-corrected chi connectivity index (χ4v) is 10.0. The number of unbranched alkanes of at least 4 members (excludes halogenated alkanes) is 2. The predicted octanol–water partition coefficient (Wildman–Crippen LogP) is 6.10. The van der Waals surface area contributed by atoms with Gasteiger partial charge in [0, 0.05) is 52.7 Å². The summed E-state index contributed by atoms with van der Waals surface area (Å²) in [5.41, 5.74) is 4.46. The van der Waals surface area contributed by atoms with Crippen molar-refractivity contribution in [1.29, 1.82) is 0 Å². The monoisotopic (exact) mass is 695 g/mol. The first-order chi connectivity index (χ1) is 22.5. The molecule has 2 atom stereocenters. The highest BCUT2D eigenvalue weighted by molar-refractivity contribution is 7.90. The summed E-state index contributed by atoms with van der Waals surface area (Å²) >= 11 is 0. The van der Waals surface area contributed by atoms with Crippen LogP contribution in [0.1, 0.15) is 76.8 Å². The smallest absolute Gasteiger partial charge is 0.303 e. The Morgan fingerprint density at radius 2 is 1.81 bits per heavy atom. The van der Waals surface area contributed by atoms with Crippen LogP contribution in [0.25, 0.3) is 0 Å². The quantitative estimate of drug-likeness (QED) is 0.108. The zero-order chi connectivity index (χ0) is 34.6. The van der Waals surface area contributed by atoms with E-state index in [9.17, 15) is 30.7 Å². The Bertz CT molecular complexity index is 2010. The molecule has 10 nitrogen and oxygen atoms in total. The molecule has 0 aromatic heterocycles. The van der Waals surface area contributed by atoms with Crippen molar-refractivity contribution in [1.82, 2.24) is 0 Å². The molecule has 4 heterocycles. The first-order valence-electron chi connectivity index (χ1n) is 16.5. The van der Waals surface area contributed by atoms with Gasteiger partial charge in [-0.25, -0.2) is 4.58 Å². The van der Waals surface area contributed by atoms with E-state index in [-0.39, 0.29) is 22.1 Å². The third kappa shape index (κ3) is 5.97. The molecule has 3 N–H and O–H groups in total. The van der Waals surface area contributed by atoms with E-state index in [1.807, 2.05) is 57.2 Å². The molecule has 0 fully saturated rings. The lowest BCUT2D eigenvalue weighted by Gasteiger charge is -2.37. The fourth-order valence-electron chi connectivity index (χ4n) is 8.32. The van der Waals surface area contributed by atoms with Gasteiger partial charge in [0.15, 0.2) is 11.9 Å². The third-order valence-electron chi connectivity index (χ3n) is 10.6. The molecular weight excluding hydrogens is 653 g/mol. The Balaban J connectivity index is 1.34. The number of carboxylic acid groups (broad SMARTS) is 1. The van der Waals surface area contributed by atoms with Gasteiger partial charge in [-0.15, -0.1) is 0 Å². The van der Waals surface area contributed by atoms with Gasteiger partial charge >= 0.3 is 5.97 Å². The fraction of sp³-hybridized carbons (Fsp3) is 0.444. The average molecular weight is 696 g/mol. The lowest BCUT2D eigenvalue weighted by molar-refractivity contribution is -0.450. The minimum atomic E-state index is -4.51. The number of hydrogen-bond acceptors (Lipinski definition) is 6. The van der Waals surface area contributed by atoms with Crippen LogP contribution in [0, 0.1) is 11.3 Å². The van der Waals surface area contributed by atoms with Gasteiger partial charge in [-0.05, 0) is 49.5 Å². The Kier molecular flexibility index (Phi) is 8.85. The van der Waals surface area contributed by atoms with E-state index < -0.39 is 37.0 Å². The average Bonchev–Trinajstić information content (AvgIpc) is 3.51. The van der Waals surface area contributed by atoms with Crippen LogP contribution < -0.4 is 4.90 Å². The molecule has 1 aromatic carbocycles. The number of nitrogens with zero attached hydrogens (tertiary/aromatic N) is 2. The topological polar surface area (TPSA) is 152 Å². The van der Waals surface area contributed by atoms with E-state index in [4.69, 9.17) is 5.11 Å². The molecule has 4 aliphatic heterocycles. The predicted molar refractivity (Wildman–Crippen MR) is 184 cm³/mol. The molecule has 256 valence electrons. The SMILES string of the molecule is CC1(CCCCCC(=O)O)C(C=CC=CC=C2N3CCCc4ccc(S(=O)(=O)O)c(c43)C2(C)C)=C[N+]2=C3C1=C(S(=O)(=O)O)C=CC3CC2. The van der Waals surface area contributed by atoms with Gasteiger partial charge in [0.2, 0.25) is 0 Å². The van der Waals surface area contributed by atoms with Crippen LogP contribution in [-0.2, 0) is 36.9 Å². The second kappa shape index (κ2) is 12.4. The number of anilines is 1. The molecule has 0 amide bonds. The molecule has 0 bridgehead atoms. The summed E-state index contributed by atoms with van der Waals surface area (Å²) in [5.74, 6) is -0.789. The molecule has 5 aliphatic rings. The minimum absolute atomic E-state index is 0.0562. The number of rotatable bonds is 11. The van der Waals surface area contributed by atoms with Gasteiger partial charge < -0.3 is 10.0 Å². The summed E-state index contributed by atoms with van der Waals surface area (Å²) in [6, 6.07) is 3.30. The summed E-state index contributed by atoms with van der Waals surface area (Å²) < 4.78 is 72.5. The van der Waals surface area contributed by atoms with Gasteiger partial charge in [0.05, 0.1) is 11.5 Å². The normalized spacial score (nSPS) is 25.4. The van der Waals surface area contributed by atoms with E-state index in [2.05, 4.69) is 15.7 Å². The molecule has 0 saturated carbocycles. The van der Waals surface area contributed by atoms with Crippen LogP contribution in [0.15, 0.2) is 87.5 Å². The van der Waals surface area contributed by atoms with E-state index in [0.29, 0.717) is 36.8 Å². The summed E-state index contributed by atoms with van der Waals surface area (Å²) in [5, 5.41) is 9.09. The van der Waals surface area contributed by atoms with Gasteiger partial charge in [-0.3, -0.25) is 13.9 Å². The zero-order valence-electron chi connectivity index (χ0n) is 27.5. The Morgan fingerprint density at radius 3 is 2.52 bits per heavy atom. The van der Waals surface area contributed by atoms with Crippen molar-refractivity contribution in [2.75, 3.05) is 18.0 Å². The molecule has 0 spiro atoms. The second-order valence-corrected chi connectivity index (χ2v) is 16.8. The molecule has 6 rings (SSSR count). The molecular formula is C36H43N2O8S2+. The highest BCUT2D eigenvalue weighted by Crippen LogP contribution is 2.54. The van der Waals surface area contributed by atoms with Gasteiger partial charge in [-0.1, -0.05) is 70.1 Å². The summed E-state index contributed by atoms with van der Waals surface area (Å²) in [7, 11) is -8.93. The van der Waals surface area contributed by atoms with Crippen molar-refractivity contribution in [2.45, 2.75) is 82.4 Å². The maximum Gasteiger partial charge on any atom is 0.303 e. The van der Waals surface area contributed by atoms with E-state index in [1.54, 1.807) is 6.07 Å². The van der Waals surface area contributed by atoms with Crippen LogP contribution in [-0.4, -0.2) is 60.4 Å². The van der Waals surface area contributed by atoms with E-state index in [0.717, 1.165) is 60.6 Å². The Morgan fingerprint density at radius 1 is 1.04 bits per heavy atom. The largest absolute Gasteiger partial charge is 0.481 e. The first kappa shape index (κ1) is 34.3. The zero-order valence-corrected chi connectivity index (χ0v) is 29.1. The van der Waals surface area contributed by atoms with Gasteiger partial charge in [0.25, 0.3) is 20.2 Å². The standard InChI is InChI=1S/C36H42N2O8S2/c1-35(2)29(38-21-10-11-24-15-17-27(47(41,42)43)31(35)34(24)38)13-7-4-6-12-26-23-37-22-19-25-16-18-28(48(44,45)46)32(33(25)37)36(26,3)20-9-5-8-14-30(39)40/h4,6-7,12-13,15-18,23,25H,5,8-11,14,19-22H2,1-3H3,(H2-,39,40,41,42,43,44,45,46)/p+1. The lowest BCUT2D eigenvalue weighted by atomic mass is 9.66. The maximum atomic E-state index is 12.7. The Labute approximate surface area is 282 Å². The number of allylic oxidation sites excluding steroid dienone is 10. The Hall–Kier alpha value is -3.58. The van der Waals surface area contributed by atoms with Crippen molar-refractivity contribution >= 4 is 37.6 Å². The first-order valence-corrected chi connectivity index (χ1v) is 19.4. The van der Waals surface area contributed by atoms with Gasteiger partial charge in [-0.2, -0.15) is 16.8 Å². The molecule has 1 aliphatic carbocycles. The van der Waals surface area contributed by atoms with Crippen molar-refractivity contribution < 1.29 is 40.4 Å². The van der Waals surface area contributed by atoms with E-state index in [1.165, 1.54) is 12.1 Å². The van der Waals surface area contributed by atoms with Gasteiger partial charge in [0.1, 0.15) is 16.3 Å². The van der Waals surface area contributed by atoms with Crippen molar-refractivity contribution in [3.05, 3.63) is 93.7 Å². The van der Waals surface area contributed by atoms with Crippen LogP contribution in [0.5, 0.6) is 0 Å². The maximum absolute atomic E-state index is 12.7.